The molecule has 0 atom stereocenters. The summed E-state index contributed by atoms with van der Waals surface area (Å²) in [6, 6.07) is 0. The molecule has 25 heavy (non-hydrogen) atoms. The number of hydrogen-bond donors (Lipinski definition) is 3. The second-order valence-electron chi connectivity index (χ2n) is 5.46. The average Bonchev–Trinajstić information content (AvgIpc) is 2.99. The molecule has 3 N–H and O–H groups in total. The minimum absolute atomic E-state index is 0. The fourth-order valence-electron chi connectivity index (χ4n) is 2.26. The molecule has 0 aromatic carbocycles. The second kappa shape index (κ2) is 13.9. The van der Waals surface area contributed by atoms with Gasteiger partial charge in [-0.2, -0.15) is 0 Å². The van der Waals surface area contributed by atoms with Crippen LogP contribution in [-0.4, -0.2) is 36.7 Å². The monoisotopic (exact) mass is 465 g/mol. The highest BCUT2D eigenvalue weighted by Gasteiger charge is 2.13. The van der Waals surface area contributed by atoms with Gasteiger partial charge >= 0.3 is 0 Å². The molecule has 1 aromatic heterocycles. The van der Waals surface area contributed by atoms with E-state index in [-0.39, 0.29) is 29.9 Å². The van der Waals surface area contributed by atoms with Crippen LogP contribution in [0.2, 0.25) is 0 Å². The van der Waals surface area contributed by atoms with Gasteiger partial charge in [-0.25, -0.2) is 4.99 Å². The molecule has 0 bridgehead atoms. The van der Waals surface area contributed by atoms with Crippen LogP contribution in [0.1, 0.15) is 57.6 Å². The Balaban J connectivity index is 0.00000576. The van der Waals surface area contributed by atoms with Crippen LogP contribution < -0.4 is 16.0 Å². The second-order valence-corrected chi connectivity index (χ2v) is 5.46. The maximum absolute atomic E-state index is 11.6. The van der Waals surface area contributed by atoms with Crippen molar-refractivity contribution < 1.29 is 9.32 Å². The number of hydrogen-bond acceptors (Lipinski definition) is 4. The third kappa shape index (κ3) is 8.55. The summed E-state index contributed by atoms with van der Waals surface area (Å²) in [7, 11) is 0. The highest BCUT2D eigenvalue weighted by Crippen LogP contribution is 2.16. The molecule has 1 rings (SSSR count). The molecule has 0 fully saturated rings. The zero-order valence-electron chi connectivity index (χ0n) is 15.8. The van der Waals surface area contributed by atoms with E-state index in [9.17, 15) is 4.79 Å². The molecule has 1 aromatic rings. The van der Waals surface area contributed by atoms with Gasteiger partial charge in [-0.15, -0.1) is 24.0 Å². The lowest BCUT2D eigenvalue weighted by Crippen LogP contribution is -2.39. The zero-order valence-corrected chi connectivity index (χ0v) is 18.1. The van der Waals surface area contributed by atoms with Crippen LogP contribution in [-0.2, 0) is 24.2 Å². The van der Waals surface area contributed by atoms with Crippen molar-refractivity contribution in [2.24, 2.45) is 4.99 Å². The molecule has 0 radical (unpaired) electrons. The summed E-state index contributed by atoms with van der Waals surface area (Å²) >= 11 is 0. The molecule has 0 aliphatic rings. The average molecular weight is 465 g/mol. The SMILES string of the molecule is CCCNC(=O)CCNC(=NCc1c(CC)noc1CC)NCC.I. The van der Waals surface area contributed by atoms with Gasteiger partial charge in [0.1, 0.15) is 5.76 Å². The Morgan fingerprint density at radius 2 is 1.84 bits per heavy atom. The number of aryl methyl sites for hydroxylation is 2. The third-order valence-electron chi connectivity index (χ3n) is 3.56. The van der Waals surface area contributed by atoms with Gasteiger partial charge in [0.25, 0.3) is 0 Å². The van der Waals surface area contributed by atoms with Gasteiger partial charge in [0.05, 0.1) is 12.2 Å². The van der Waals surface area contributed by atoms with E-state index >= 15 is 0 Å². The number of guanidine groups is 1. The first-order chi connectivity index (χ1) is 11.7. The van der Waals surface area contributed by atoms with Gasteiger partial charge in [-0.3, -0.25) is 4.79 Å². The Labute approximate surface area is 167 Å². The molecule has 0 unspecified atom stereocenters. The molecule has 0 saturated heterocycles. The number of aliphatic imine (C=N–C) groups is 1. The van der Waals surface area contributed by atoms with Crippen molar-refractivity contribution in [1.82, 2.24) is 21.1 Å². The fraction of sp³-hybridized carbons (Fsp3) is 0.706. The number of rotatable bonds is 10. The molecule has 1 amide bonds. The van der Waals surface area contributed by atoms with Gasteiger partial charge in [-0.1, -0.05) is 25.9 Å². The molecular weight excluding hydrogens is 433 g/mol. The van der Waals surface area contributed by atoms with E-state index in [1.807, 2.05) is 20.8 Å². The standard InChI is InChI=1S/C17H31N5O2.HI/c1-5-10-19-16(23)9-11-20-17(18-8-4)21-12-13-14(6-2)22-24-15(13)7-3;/h5-12H2,1-4H3,(H,19,23)(H2,18,20,21);1H. The summed E-state index contributed by atoms with van der Waals surface area (Å²) < 4.78 is 5.37. The van der Waals surface area contributed by atoms with Crippen LogP contribution in [0.25, 0.3) is 0 Å². The van der Waals surface area contributed by atoms with Gasteiger partial charge in [0.15, 0.2) is 5.96 Å². The van der Waals surface area contributed by atoms with E-state index in [4.69, 9.17) is 4.52 Å². The summed E-state index contributed by atoms with van der Waals surface area (Å²) in [6.45, 7) is 10.7. The number of halogens is 1. The molecule has 8 heteroatoms. The van der Waals surface area contributed by atoms with Crippen LogP contribution in [0.4, 0.5) is 0 Å². The minimum Gasteiger partial charge on any atom is -0.361 e. The van der Waals surface area contributed by atoms with Gasteiger partial charge in [-0.05, 0) is 19.8 Å². The highest BCUT2D eigenvalue weighted by atomic mass is 127. The molecule has 0 aliphatic heterocycles. The number of amides is 1. The van der Waals surface area contributed by atoms with Crippen LogP contribution in [0.5, 0.6) is 0 Å². The van der Waals surface area contributed by atoms with Crippen LogP contribution in [0.3, 0.4) is 0 Å². The van der Waals surface area contributed by atoms with Crippen molar-refractivity contribution in [3.63, 3.8) is 0 Å². The van der Waals surface area contributed by atoms with Crippen molar-refractivity contribution in [2.75, 3.05) is 19.6 Å². The molecule has 0 aliphatic carbocycles. The first kappa shape index (κ1) is 23.7. The Bertz CT molecular complexity index is 510. The van der Waals surface area contributed by atoms with E-state index in [2.05, 4.69) is 33.0 Å². The van der Waals surface area contributed by atoms with E-state index in [0.717, 1.165) is 49.4 Å². The summed E-state index contributed by atoms with van der Waals surface area (Å²) in [6.07, 6.45) is 3.01. The van der Waals surface area contributed by atoms with Crippen molar-refractivity contribution in [2.45, 2.75) is 59.9 Å². The van der Waals surface area contributed by atoms with Crippen molar-refractivity contribution in [3.05, 3.63) is 17.0 Å². The Morgan fingerprint density at radius 3 is 2.44 bits per heavy atom. The molecule has 1 heterocycles. The molecule has 0 saturated carbocycles. The first-order valence-corrected chi connectivity index (χ1v) is 8.91. The highest BCUT2D eigenvalue weighted by molar-refractivity contribution is 14.0. The lowest BCUT2D eigenvalue weighted by Gasteiger charge is -2.11. The summed E-state index contributed by atoms with van der Waals surface area (Å²) in [5.74, 6) is 1.65. The first-order valence-electron chi connectivity index (χ1n) is 8.91. The van der Waals surface area contributed by atoms with Gasteiger partial charge < -0.3 is 20.5 Å². The minimum atomic E-state index is 0. The van der Waals surface area contributed by atoms with Crippen LogP contribution in [0, 0.1) is 0 Å². The van der Waals surface area contributed by atoms with E-state index in [0.29, 0.717) is 25.5 Å². The Morgan fingerprint density at radius 1 is 1.08 bits per heavy atom. The van der Waals surface area contributed by atoms with Crippen LogP contribution in [0.15, 0.2) is 9.52 Å². The molecule has 144 valence electrons. The lowest BCUT2D eigenvalue weighted by atomic mass is 10.1. The van der Waals surface area contributed by atoms with E-state index < -0.39 is 0 Å². The van der Waals surface area contributed by atoms with Gasteiger partial charge in [0.2, 0.25) is 5.91 Å². The largest absolute Gasteiger partial charge is 0.361 e. The normalized spacial score (nSPS) is 11.0. The van der Waals surface area contributed by atoms with Crippen molar-refractivity contribution in [3.8, 4) is 0 Å². The number of aromatic nitrogens is 1. The predicted octanol–water partition coefficient (Wildman–Crippen LogP) is 2.39. The summed E-state index contributed by atoms with van der Waals surface area (Å²) in [5, 5.41) is 13.4. The maximum Gasteiger partial charge on any atom is 0.221 e. The topological polar surface area (TPSA) is 91.5 Å². The smallest absolute Gasteiger partial charge is 0.221 e. The number of nitrogens with zero attached hydrogens (tertiary/aromatic N) is 2. The van der Waals surface area contributed by atoms with Crippen molar-refractivity contribution >= 4 is 35.8 Å². The van der Waals surface area contributed by atoms with E-state index in [1.54, 1.807) is 0 Å². The predicted molar refractivity (Wildman–Crippen MR) is 111 cm³/mol. The summed E-state index contributed by atoms with van der Waals surface area (Å²) in [5.41, 5.74) is 2.03. The Kier molecular flexibility index (Phi) is 13.2. The zero-order chi connectivity index (χ0) is 17.8. The van der Waals surface area contributed by atoms with Crippen molar-refractivity contribution in [1.29, 1.82) is 0 Å². The number of nitrogens with one attached hydrogen (secondary N) is 3. The maximum atomic E-state index is 11.6. The molecular formula is C17H32IN5O2. The molecule has 0 spiro atoms. The third-order valence-corrected chi connectivity index (χ3v) is 3.56. The Hall–Kier alpha value is -1.32. The number of carbonyl (C=O) groups is 1. The fourth-order valence-corrected chi connectivity index (χ4v) is 2.26. The quantitative estimate of drug-likeness (QED) is 0.281. The van der Waals surface area contributed by atoms with E-state index in [1.165, 1.54) is 0 Å². The lowest BCUT2D eigenvalue weighted by molar-refractivity contribution is -0.120. The molecule has 7 nitrogen and oxygen atoms in total. The number of carbonyl (C=O) groups excluding carboxylic acids is 1. The van der Waals surface area contributed by atoms with Crippen LogP contribution >= 0.6 is 24.0 Å². The van der Waals surface area contributed by atoms with Gasteiger partial charge in [0, 0.05) is 38.0 Å². The summed E-state index contributed by atoms with van der Waals surface area (Å²) in [4.78, 5) is 16.2.